The number of halogens is 1. The molecule has 0 aliphatic heterocycles. The number of ether oxygens (including phenoxy) is 1. The molecule has 1 N–H and O–H groups in total. The van der Waals surface area contributed by atoms with Gasteiger partial charge in [-0.25, -0.2) is 14.4 Å². The summed E-state index contributed by atoms with van der Waals surface area (Å²) in [7, 11) is 0. The predicted molar refractivity (Wildman–Crippen MR) is 84.8 cm³/mol. The fourth-order valence-corrected chi connectivity index (χ4v) is 1.94. The van der Waals surface area contributed by atoms with Crippen molar-refractivity contribution in [1.29, 1.82) is 5.26 Å². The van der Waals surface area contributed by atoms with E-state index in [1.807, 2.05) is 6.07 Å². The van der Waals surface area contributed by atoms with Crippen LogP contribution < -0.4 is 10.1 Å². The average molecular weight is 321 g/mol. The third-order valence-electron chi connectivity index (χ3n) is 3.10. The number of benzene rings is 1. The molecule has 0 atom stereocenters. The molecule has 118 valence electrons. The Hall–Kier alpha value is -3.53. The van der Waals surface area contributed by atoms with Gasteiger partial charge in [-0.05, 0) is 29.8 Å². The number of nitrogens with zero attached hydrogens (tertiary/aromatic N) is 4. The zero-order valence-corrected chi connectivity index (χ0v) is 12.5. The van der Waals surface area contributed by atoms with Crippen LogP contribution in [0.5, 0.6) is 11.5 Å². The maximum Gasteiger partial charge on any atom is 0.166 e. The highest BCUT2D eigenvalue weighted by Gasteiger charge is 2.07. The summed E-state index contributed by atoms with van der Waals surface area (Å²) in [6, 6.07) is 10.00. The fourth-order valence-electron chi connectivity index (χ4n) is 1.94. The number of pyridine rings is 1. The molecule has 2 heterocycles. The Morgan fingerprint density at radius 2 is 2.08 bits per heavy atom. The summed E-state index contributed by atoms with van der Waals surface area (Å²) in [4.78, 5) is 11.9. The normalized spacial score (nSPS) is 10.0. The molecule has 0 radical (unpaired) electrons. The van der Waals surface area contributed by atoms with E-state index in [-0.39, 0.29) is 11.4 Å². The highest BCUT2D eigenvalue weighted by Crippen LogP contribution is 2.24. The predicted octanol–water partition coefficient (Wildman–Crippen LogP) is 3.29. The molecule has 0 amide bonds. The number of nitrogens with one attached hydrogen (secondary N) is 1. The lowest BCUT2D eigenvalue weighted by molar-refractivity contribution is 0.440. The molecule has 0 saturated heterocycles. The zero-order valence-electron chi connectivity index (χ0n) is 12.5. The summed E-state index contributed by atoms with van der Waals surface area (Å²) in [5.41, 5.74) is 0.959. The van der Waals surface area contributed by atoms with Crippen LogP contribution >= 0.6 is 0 Å². The first-order chi connectivity index (χ1) is 11.7. The van der Waals surface area contributed by atoms with Gasteiger partial charge in [-0.3, -0.25) is 4.98 Å². The molecular weight excluding hydrogens is 309 g/mol. The van der Waals surface area contributed by atoms with Gasteiger partial charge in [0.25, 0.3) is 0 Å². The smallest absolute Gasteiger partial charge is 0.166 e. The van der Waals surface area contributed by atoms with Crippen molar-refractivity contribution in [3.63, 3.8) is 0 Å². The molecule has 7 heteroatoms. The molecule has 3 rings (SSSR count). The van der Waals surface area contributed by atoms with E-state index in [9.17, 15) is 4.39 Å². The van der Waals surface area contributed by atoms with E-state index in [1.165, 1.54) is 24.7 Å². The van der Waals surface area contributed by atoms with Crippen molar-refractivity contribution < 1.29 is 9.13 Å². The molecule has 0 aliphatic rings. The number of nitriles is 1. The van der Waals surface area contributed by atoms with Crippen molar-refractivity contribution in [1.82, 2.24) is 15.0 Å². The molecule has 0 saturated carbocycles. The lowest BCUT2D eigenvalue weighted by atomic mass is 10.2. The standard InChI is InChI=1S/C17H12FN5O/c18-15-6-12(8-22-17-11-21-13(7-19)9-23-17)3-4-16(15)24-14-2-1-5-20-10-14/h1-6,9-11H,8H2,(H,22,23). The SMILES string of the molecule is N#Cc1cnc(NCc2ccc(Oc3cccnc3)c(F)c2)cn1. The molecule has 3 aromatic rings. The molecular formula is C17H12FN5O. The second-order valence-corrected chi connectivity index (χ2v) is 4.81. The number of anilines is 1. The number of hydrogen-bond donors (Lipinski definition) is 1. The monoisotopic (exact) mass is 321 g/mol. The molecule has 24 heavy (non-hydrogen) atoms. The minimum absolute atomic E-state index is 0.130. The first-order valence-corrected chi connectivity index (χ1v) is 7.07. The van der Waals surface area contributed by atoms with Crippen LogP contribution in [0.4, 0.5) is 10.2 Å². The van der Waals surface area contributed by atoms with Gasteiger partial charge >= 0.3 is 0 Å². The molecule has 0 aliphatic carbocycles. The Morgan fingerprint density at radius 1 is 1.17 bits per heavy atom. The van der Waals surface area contributed by atoms with Crippen molar-refractivity contribution >= 4 is 5.82 Å². The second-order valence-electron chi connectivity index (χ2n) is 4.81. The van der Waals surface area contributed by atoms with Gasteiger partial charge in [0.2, 0.25) is 0 Å². The van der Waals surface area contributed by atoms with Crippen LogP contribution in [0.2, 0.25) is 0 Å². The summed E-state index contributed by atoms with van der Waals surface area (Å²) in [5, 5.41) is 11.7. The number of rotatable bonds is 5. The average Bonchev–Trinajstić information content (AvgIpc) is 2.63. The lowest BCUT2D eigenvalue weighted by Gasteiger charge is -2.09. The van der Waals surface area contributed by atoms with Crippen molar-refractivity contribution in [3.8, 4) is 17.6 Å². The van der Waals surface area contributed by atoms with Crippen LogP contribution in [0.1, 0.15) is 11.3 Å². The van der Waals surface area contributed by atoms with Crippen LogP contribution in [-0.2, 0) is 6.54 Å². The largest absolute Gasteiger partial charge is 0.453 e. The Kier molecular flexibility index (Phi) is 4.58. The molecule has 0 unspecified atom stereocenters. The van der Waals surface area contributed by atoms with E-state index >= 15 is 0 Å². The lowest BCUT2D eigenvalue weighted by Crippen LogP contribution is -2.03. The summed E-state index contributed by atoms with van der Waals surface area (Å²) in [6.45, 7) is 0.366. The van der Waals surface area contributed by atoms with Crippen molar-refractivity contribution in [3.05, 3.63) is 72.2 Å². The first-order valence-electron chi connectivity index (χ1n) is 7.07. The highest BCUT2D eigenvalue weighted by atomic mass is 19.1. The maximum atomic E-state index is 14.1. The Labute approximate surface area is 137 Å². The van der Waals surface area contributed by atoms with Crippen molar-refractivity contribution in [2.24, 2.45) is 0 Å². The zero-order chi connectivity index (χ0) is 16.8. The van der Waals surface area contributed by atoms with Crippen molar-refractivity contribution in [2.45, 2.75) is 6.54 Å². The minimum atomic E-state index is -0.468. The molecule has 1 aromatic carbocycles. The van der Waals surface area contributed by atoms with Crippen LogP contribution in [0.3, 0.4) is 0 Å². The van der Waals surface area contributed by atoms with Gasteiger partial charge in [0.15, 0.2) is 17.3 Å². The van der Waals surface area contributed by atoms with E-state index in [0.29, 0.717) is 18.1 Å². The quantitative estimate of drug-likeness (QED) is 0.776. The molecule has 0 bridgehead atoms. The summed E-state index contributed by atoms with van der Waals surface area (Å²) < 4.78 is 19.6. The molecule has 0 fully saturated rings. The van der Waals surface area contributed by atoms with Gasteiger partial charge in [0.1, 0.15) is 17.6 Å². The van der Waals surface area contributed by atoms with Gasteiger partial charge in [-0.2, -0.15) is 5.26 Å². The van der Waals surface area contributed by atoms with Gasteiger partial charge in [-0.1, -0.05) is 6.07 Å². The first kappa shape index (κ1) is 15.4. The molecule has 2 aromatic heterocycles. The van der Waals surface area contributed by atoms with Crippen LogP contribution in [0, 0.1) is 17.1 Å². The Morgan fingerprint density at radius 3 is 2.75 bits per heavy atom. The van der Waals surface area contributed by atoms with Gasteiger partial charge in [-0.15, -0.1) is 0 Å². The minimum Gasteiger partial charge on any atom is -0.453 e. The van der Waals surface area contributed by atoms with Gasteiger partial charge < -0.3 is 10.1 Å². The topological polar surface area (TPSA) is 83.7 Å². The van der Waals surface area contributed by atoms with Gasteiger partial charge in [0.05, 0.1) is 18.6 Å². The fraction of sp³-hybridized carbons (Fsp3) is 0.0588. The molecule has 6 nitrogen and oxygen atoms in total. The number of hydrogen-bond acceptors (Lipinski definition) is 6. The van der Waals surface area contributed by atoms with E-state index in [0.717, 1.165) is 5.56 Å². The van der Waals surface area contributed by atoms with Crippen molar-refractivity contribution in [2.75, 3.05) is 5.32 Å². The maximum absolute atomic E-state index is 14.1. The summed E-state index contributed by atoms with van der Waals surface area (Å²) in [5.74, 6) is 0.634. The Balaban J connectivity index is 1.65. The van der Waals surface area contributed by atoms with Crippen LogP contribution in [-0.4, -0.2) is 15.0 Å². The van der Waals surface area contributed by atoms with E-state index in [1.54, 1.807) is 30.5 Å². The van der Waals surface area contributed by atoms with Crippen LogP contribution in [0.25, 0.3) is 0 Å². The third kappa shape index (κ3) is 3.81. The third-order valence-corrected chi connectivity index (χ3v) is 3.10. The molecule has 0 spiro atoms. The van der Waals surface area contributed by atoms with Crippen LogP contribution in [0.15, 0.2) is 55.1 Å². The Bertz CT molecular complexity index is 862. The highest BCUT2D eigenvalue weighted by molar-refractivity contribution is 5.37. The second kappa shape index (κ2) is 7.15. The number of aromatic nitrogens is 3. The summed E-state index contributed by atoms with van der Waals surface area (Å²) >= 11 is 0. The van der Waals surface area contributed by atoms with E-state index in [2.05, 4.69) is 20.3 Å². The van der Waals surface area contributed by atoms with Gasteiger partial charge in [0, 0.05) is 12.7 Å². The summed E-state index contributed by atoms with van der Waals surface area (Å²) in [6.07, 6.45) is 5.95. The van der Waals surface area contributed by atoms with E-state index < -0.39 is 5.82 Å². The van der Waals surface area contributed by atoms with E-state index in [4.69, 9.17) is 10.00 Å².